The molecule has 0 saturated heterocycles. The topological polar surface area (TPSA) is 0 Å². The van der Waals surface area contributed by atoms with E-state index in [2.05, 4.69) is 0 Å². The Labute approximate surface area is 83.2 Å². The van der Waals surface area contributed by atoms with Crippen LogP contribution in [0.5, 0.6) is 0 Å². The van der Waals surface area contributed by atoms with Crippen LogP contribution in [0.4, 0.5) is 0 Å². The SMILES string of the molecule is [SiH3]C(Cl)(Cl)[SiH2]C([SiH3])(Cl)Cl. The van der Waals surface area contributed by atoms with Crippen molar-refractivity contribution in [1.82, 2.24) is 0 Å². The lowest BCUT2D eigenvalue weighted by Gasteiger charge is -2.19. The molecule has 0 atom stereocenters. The second kappa shape index (κ2) is 3.47. The van der Waals surface area contributed by atoms with Crippen LogP contribution >= 0.6 is 46.4 Å². The van der Waals surface area contributed by atoms with E-state index in [1.54, 1.807) is 0 Å². The average Bonchev–Trinajstić information content (AvgIpc) is 1.14. The normalized spacial score (nSPS) is 16.0. The molecule has 56 valence electrons. The summed E-state index contributed by atoms with van der Waals surface area (Å²) in [5.74, 6) is 0. The molecule has 0 amide bonds. The molecule has 0 N–H and O–H groups in total. The van der Waals surface area contributed by atoms with E-state index in [4.69, 9.17) is 46.4 Å². The standard InChI is InChI=1S/C2H8Cl4Si3/c3-1(4,7)9-2(5,6)8/h9H2,7-8H3. The maximum Gasteiger partial charge on any atom is 0.0973 e. The van der Waals surface area contributed by atoms with Gasteiger partial charge < -0.3 is 0 Å². The summed E-state index contributed by atoms with van der Waals surface area (Å²) >= 11 is 23.0. The molecule has 0 spiro atoms. The van der Waals surface area contributed by atoms with Crippen molar-refractivity contribution in [3.8, 4) is 0 Å². The van der Waals surface area contributed by atoms with Crippen molar-refractivity contribution >= 4 is 76.4 Å². The molecule has 9 heavy (non-hydrogen) atoms. The van der Waals surface area contributed by atoms with Gasteiger partial charge in [-0.15, -0.1) is 46.4 Å². The Bertz CT molecular complexity index is 79.0. The Morgan fingerprint density at radius 2 is 1.11 bits per heavy atom. The Balaban J connectivity index is 3.75. The van der Waals surface area contributed by atoms with Gasteiger partial charge in [0.05, 0.1) is 16.7 Å². The highest BCUT2D eigenvalue weighted by molar-refractivity contribution is 6.98. The van der Waals surface area contributed by atoms with E-state index in [0.717, 1.165) is 20.5 Å². The Hall–Kier alpha value is 1.81. The second-order valence-electron chi connectivity index (χ2n) is 2.32. The molecule has 7 heteroatoms. The van der Waals surface area contributed by atoms with E-state index < -0.39 is 16.7 Å². The number of rotatable bonds is 2. The molecule has 0 aromatic carbocycles. The van der Waals surface area contributed by atoms with Crippen LogP contribution in [0.25, 0.3) is 0 Å². The third kappa shape index (κ3) is 9.81. The molecule has 0 aliphatic heterocycles. The number of halogens is 4. The van der Waals surface area contributed by atoms with Crippen LogP contribution in [0.3, 0.4) is 0 Å². The quantitative estimate of drug-likeness (QED) is 0.443. The van der Waals surface area contributed by atoms with Crippen LogP contribution in [-0.4, -0.2) is 37.2 Å². The van der Waals surface area contributed by atoms with Crippen LogP contribution in [-0.2, 0) is 0 Å². The first-order chi connectivity index (χ1) is 3.71. The second-order valence-corrected chi connectivity index (χ2v) is 19.8. The van der Waals surface area contributed by atoms with Crippen molar-refractivity contribution in [3.05, 3.63) is 0 Å². The van der Waals surface area contributed by atoms with Gasteiger partial charge in [-0.25, -0.2) is 0 Å². The molecular weight excluding hydrogens is 250 g/mol. The lowest BCUT2D eigenvalue weighted by atomic mass is 11.7. The molecule has 0 heterocycles. The molecule has 0 nitrogen and oxygen atoms in total. The third-order valence-corrected chi connectivity index (χ3v) is 5.59. The summed E-state index contributed by atoms with van der Waals surface area (Å²) in [7, 11) is 0.783. The molecule has 0 bridgehead atoms. The van der Waals surface area contributed by atoms with Gasteiger partial charge >= 0.3 is 0 Å². The van der Waals surface area contributed by atoms with Crippen molar-refractivity contribution in [1.29, 1.82) is 0 Å². The summed E-state index contributed by atoms with van der Waals surface area (Å²) in [6, 6.07) is 0. The molecule has 0 rings (SSSR count). The van der Waals surface area contributed by atoms with Crippen LogP contribution in [0.15, 0.2) is 0 Å². The van der Waals surface area contributed by atoms with Crippen molar-refractivity contribution in [3.63, 3.8) is 0 Å². The molecule has 0 unspecified atom stereocenters. The van der Waals surface area contributed by atoms with Gasteiger partial charge in [0, 0.05) is 20.5 Å². The first kappa shape index (κ1) is 10.8. The molecule has 0 saturated carbocycles. The molecular formula is C2H8Cl4Si3. The van der Waals surface area contributed by atoms with E-state index in [1.807, 2.05) is 0 Å². The largest absolute Gasteiger partial charge is 0.111 e. The zero-order valence-corrected chi connectivity index (χ0v) is 13.7. The number of alkyl halides is 4. The van der Waals surface area contributed by atoms with Gasteiger partial charge in [0.15, 0.2) is 0 Å². The number of hydrogen-bond acceptors (Lipinski definition) is 0. The molecule has 0 aliphatic carbocycles. The van der Waals surface area contributed by atoms with Crippen molar-refractivity contribution < 1.29 is 0 Å². The third-order valence-electron chi connectivity index (χ3n) is 0.621. The van der Waals surface area contributed by atoms with E-state index in [1.165, 1.54) is 0 Å². The highest BCUT2D eigenvalue weighted by Gasteiger charge is 2.29. The van der Waals surface area contributed by atoms with Gasteiger partial charge in [0.2, 0.25) is 0 Å². The molecule has 0 aromatic rings. The van der Waals surface area contributed by atoms with Gasteiger partial charge in [-0.3, -0.25) is 0 Å². The van der Waals surface area contributed by atoms with Gasteiger partial charge in [-0.1, -0.05) is 0 Å². The molecule has 0 aromatic heterocycles. The summed E-state index contributed by atoms with van der Waals surface area (Å²) < 4.78 is -1.05. The average molecular weight is 258 g/mol. The van der Waals surface area contributed by atoms with Crippen LogP contribution in [0.2, 0.25) is 0 Å². The van der Waals surface area contributed by atoms with Crippen LogP contribution < -0.4 is 0 Å². The summed E-state index contributed by atoms with van der Waals surface area (Å²) in [5.41, 5.74) is 0. The van der Waals surface area contributed by atoms with Gasteiger partial charge in [0.1, 0.15) is 0 Å². The minimum atomic E-state index is -0.727. The lowest BCUT2D eigenvalue weighted by Crippen LogP contribution is -2.37. The van der Waals surface area contributed by atoms with Crippen molar-refractivity contribution in [2.75, 3.05) is 0 Å². The maximum absolute atomic E-state index is 5.76. The minimum absolute atomic E-state index is 0.523. The summed E-state index contributed by atoms with van der Waals surface area (Å²) in [6.07, 6.45) is 0. The first-order valence-corrected chi connectivity index (χ1v) is 7.39. The van der Waals surface area contributed by atoms with Crippen LogP contribution in [0, 0.1) is 0 Å². The monoisotopic (exact) mass is 256 g/mol. The smallest absolute Gasteiger partial charge is 0.0973 e. The Kier molecular flexibility index (Phi) is 4.17. The zero-order chi connectivity index (χ0) is 7.71. The first-order valence-electron chi connectivity index (χ1n) is 2.46. The molecule has 0 radical (unpaired) electrons. The van der Waals surface area contributed by atoms with Gasteiger partial charge in [-0.05, 0) is 0 Å². The molecule has 0 aliphatic rings. The van der Waals surface area contributed by atoms with Crippen molar-refractivity contribution in [2.24, 2.45) is 0 Å². The van der Waals surface area contributed by atoms with Gasteiger partial charge in [0.25, 0.3) is 0 Å². The summed E-state index contributed by atoms with van der Waals surface area (Å²) in [6.45, 7) is 0. The predicted octanol–water partition coefficient (Wildman–Crippen LogP) is -0.936. The summed E-state index contributed by atoms with van der Waals surface area (Å²) in [5, 5.41) is 0. The number of hydrogen-bond donors (Lipinski definition) is 0. The minimum Gasteiger partial charge on any atom is -0.111 e. The van der Waals surface area contributed by atoms with E-state index in [-0.39, 0.29) is 0 Å². The maximum atomic E-state index is 5.76. The Morgan fingerprint density at radius 1 is 0.889 bits per heavy atom. The van der Waals surface area contributed by atoms with E-state index in [0.29, 0.717) is 0 Å². The lowest BCUT2D eigenvalue weighted by molar-refractivity contribution is 1.55. The highest BCUT2D eigenvalue weighted by atomic mass is 35.5. The zero-order valence-electron chi connectivity index (χ0n) is 5.22. The highest BCUT2D eigenvalue weighted by Crippen LogP contribution is 2.24. The fraction of sp³-hybridized carbons (Fsp3) is 1.00. The Morgan fingerprint density at radius 3 is 1.11 bits per heavy atom. The predicted molar refractivity (Wildman–Crippen MR) is 57.3 cm³/mol. The van der Waals surface area contributed by atoms with Gasteiger partial charge in [-0.2, -0.15) is 0 Å². The van der Waals surface area contributed by atoms with Crippen molar-refractivity contribution in [2.45, 2.75) is 7.16 Å². The van der Waals surface area contributed by atoms with Crippen LogP contribution in [0.1, 0.15) is 0 Å². The summed E-state index contributed by atoms with van der Waals surface area (Å²) in [4.78, 5) is 0. The molecule has 0 fully saturated rings. The van der Waals surface area contributed by atoms with E-state index in [9.17, 15) is 0 Å². The fourth-order valence-electron chi connectivity index (χ4n) is 0.545. The fourth-order valence-corrected chi connectivity index (χ4v) is 14.7. The van der Waals surface area contributed by atoms with E-state index >= 15 is 0 Å².